The van der Waals surface area contributed by atoms with Crippen LogP contribution in [0.1, 0.15) is 26.2 Å². The van der Waals surface area contributed by atoms with Gasteiger partial charge < -0.3 is 20.2 Å². The molecule has 0 aromatic rings. The van der Waals surface area contributed by atoms with Gasteiger partial charge in [0.1, 0.15) is 0 Å². The molecule has 0 aromatic heterocycles. The van der Waals surface area contributed by atoms with Crippen LogP contribution < -0.4 is 5.32 Å². The minimum atomic E-state index is -0.785. The molecule has 6 nitrogen and oxygen atoms in total. The molecule has 2 amide bonds. The highest BCUT2D eigenvalue weighted by Crippen LogP contribution is 2.34. The SMILES string of the molecule is CCC1(C(=O)O)CCN(C(=O)NCC2CCN(C)C2)C1. The number of rotatable bonds is 4. The number of nitrogens with zero attached hydrogens (tertiary/aromatic N) is 2. The largest absolute Gasteiger partial charge is 0.481 e. The van der Waals surface area contributed by atoms with Crippen LogP contribution in [-0.2, 0) is 4.79 Å². The predicted octanol–water partition coefficient (Wildman–Crippen LogP) is 0.834. The minimum absolute atomic E-state index is 0.115. The van der Waals surface area contributed by atoms with Crippen molar-refractivity contribution < 1.29 is 14.7 Å². The van der Waals surface area contributed by atoms with Gasteiger partial charge in [-0.15, -0.1) is 0 Å². The van der Waals surface area contributed by atoms with Gasteiger partial charge >= 0.3 is 12.0 Å². The maximum Gasteiger partial charge on any atom is 0.317 e. The van der Waals surface area contributed by atoms with Gasteiger partial charge in [0.15, 0.2) is 0 Å². The van der Waals surface area contributed by atoms with Gasteiger partial charge in [0.25, 0.3) is 0 Å². The Morgan fingerprint density at radius 3 is 2.65 bits per heavy atom. The van der Waals surface area contributed by atoms with Crippen molar-refractivity contribution in [2.75, 3.05) is 39.8 Å². The van der Waals surface area contributed by atoms with E-state index in [-0.39, 0.29) is 6.03 Å². The van der Waals surface area contributed by atoms with Crippen LogP contribution in [0, 0.1) is 11.3 Å². The topological polar surface area (TPSA) is 72.9 Å². The number of urea groups is 1. The zero-order chi connectivity index (χ0) is 14.8. The lowest BCUT2D eigenvalue weighted by molar-refractivity contribution is -0.148. The molecule has 0 bridgehead atoms. The van der Waals surface area contributed by atoms with E-state index in [1.54, 1.807) is 4.90 Å². The molecule has 2 atom stereocenters. The van der Waals surface area contributed by atoms with Gasteiger partial charge in [-0.05, 0) is 38.8 Å². The number of hydrogen-bond donors (Lipinski definition) is 2. The number of amides is 2. The van der Waals surface area contributed by atoms with Crippen molar-refractivity contribution >= 4 is 12.0 Å². The first-order valence-corrected chi connectivity index (χ1v) is 7.41. The highest BCUT2D eigenvalue weighted by Gasteiger charge is 2.44. The first-order valence-electron chi connectivity index (χ1n) is 7.41. The molecule has 0 aromatic carbocycles. The molecule has 0 saturated carbocycles. The van der Waals surface area contributed by atoms with E-state index < -0.39 is 11.4 Å². The molecule has 2 unspecified atom stereocenters. The Hall–Kier alpha value is -1.30. The zero-order valence-corrected chi connectivity index (χ0v) is 12.4. The summed E-state index contributed by atoms with van der Waals surface area (Å²) in [7, 11) is 2.09. The predicted molar refractivity (Wildman–Crippen MR) is 75.6 cm³/mol. The van der Waals surface area contributed by atoms with Gasteiger partial charge in [0, 0.05) is 26.2 Å². The van der Waals surface area contributed by atoms with Crippen LogP contribution in [0.4, 0.5) is 4.79 Å². The number of carboxylic acids is 1. The molecule has 2 fully saturated rings. The van der Waals surface area contributed by atoms with Crippen molar-refractivity contribution in [3.63, 3.8) is 0 Å². The lowest BCUT2D eigenvalue weighted by atomic mass is 9.84. The summed E-state index contributed by atoms with van der Waals surface area (Å²) in [6.45, 7) is 5.54. The standard InChI is InChI=1S/C14H25N3O3/c1-3-14(12(18)19)5-7-17(10-14)13(20)15-8-11-4-6-16(2)9-11/h11H,3-10H2,1-2H3,(H,15,20)(H,18,19). The van der Waals surface area contributed by atoms with E-state index in [0.717, 1.165) is 19.5 Å². The molecule has 0 spiro atoms. The lowest BCUT2D eigenvalue weighted by Gasteiger charge is -2.23. The third-order valence-electron chi connectivity index (χ3n) is 4.80. The Morgan fingerprint density at radius 1 is 1.40 bits per heavy atom. The molecule has 0 aliphatic carbocycles. The van der Waals surface area contributed by atoms with Crippen LogP contribution in [0.15, 0.2) is 0 Å². The lowest BCUT2D eigenvalue weighted by Crippen LogP contribution is -2.43. The molecule has 2 aliphatic rings. The summed E-state index contributed by atoms with van der Waals surface area (Å²) in [5, 5.41) is 12.3. The molecule has 0 radical (unpaired) electrons. The normalized spacial score (nSPS) is 30.7. The Kier molecular flexibility index (Phi) is 4.52. The van der Waals surface area contributed by atoms with Gasteiger partial charge in [-0.3, -0.25) is 4.79 Å². The third kappa shape index (κ3) is 3.06. The molecule has 114 valence electrons. The van der Waals surface area contributed by atoms with Crippen LogP contribution in [0.2, 0.25) is 0 Å². The molecular weight excluding hydrogens is 258 g/mol. The fraction of sp³-hybridized carbons (Fsp3) is 0.857. The number of hydrogen-bond acceptors (Lipinski definition) is 3. The Morgan fingerprint density at radius 2 is 2.15 bits per heavy atom. The van der Waals surface area contributed by atoms with Crippen molar-refractivity contribution in [3.8, 4) is 0 Å². The molecule has 2 rings (SSSR count). The Labute approximate surface area is 120 Å². The third-order valence-corrected chi connectivity index (χ3v) is 4.80. The zero-order valence-electron chi connectivity index (χ0n) is 12.4. The summed E-state index contributed by atoms with van der Waals surface area (Å²) >= 11 is 0. The molecule has 2 heterocycles. The smallest absolute Gasteiger partial charge is 0.317 e. The van der Waals surface area contributed by atoms with Gasteiger partial charge in [-0.2, -0.15) is 0 Å². The van der Waals surface area contributed by atoms with Crippen molar-refractivity contribution in [3.05, 3.63) is 0 Å². The summed E-state index contributed by atoms with van der Waals surface area (Å²) in [6.07, 6.45) is 2.24. The maximum absolute atomic E-state index is 12.1. The van der Waals surface area contributed by atoms with Gasteiger partial charge in [-0.1, -0.05) is 6.92 Å². The fourth-order valence-corrected chi connectivity index (χ4v) is 3.20. The molecule has 20 heavy (non-hydrogen) atoms. The summed E-state index contributed by atoms with van der Waals surface area (Å²) in [4.78, 5) is 27.4. The quantitative estimate of drug-likeness (QED) is 0.802. The summed E-state index contributed by atoms with van der Waals surface area (Å²) in [6, 6.07) is -0.115. The Balaban J connectivity index is 1.81. The van der Waals surface area contributed by atoms with Gasteiger partial charge in [0.2, 0.25) is 0 Å². The average Bonchev–Trinajstić information content (AvgIpc) is 3.03. The van der Waals surface area contributed by atoms with Crippen molar-refractivity contribution in [1.82, 2.24) is 15.1 Å². The second kappa shape index (κ2) is 5.99. The molecule has 2 aliphatic heterocycles. The summed E-state index contributed by atoms with van der Waals surface area (Å²) in [5.41, 5.74) is -0.745. The van der Waals surface area contributed by atoms with Crippen LogP contribution in [0.25, 0.3) is 0 Å². The highest BCUT2D eigenvalue weighted by molar-refractivity contribution is 5.79. The van der Waals surface area contributed by atoms with Crippen molar-refractivity contribution in [2.45, 2.75) is 26.2 Å². The molecule has 2 saturated heterocycles. The van der Waals surface area contributed by atoms with E-state index in [1.807, 2.05) is 6.92 Å². The molecular formula is C14H25N3O3. The van der Waals surface area contributed by atoms with Crippen LogP contribution in [0.3, 0.4) is 0 Å². The van der Waals surface area contributed by atoms with E-state index in [0.29, 0.717) is 38.4 Å². The average molecular weight is 283 g/mol. The van der Waals surface area contributed by atoms with E-state index >= 15 is 0 Å². The van der Waals surface area contributed by atoms with Gasteiger partial charge in [-0.25, -0.2) is 4.79 Å². The number of likely N-dealkylation sites (tertiary alicyclic amines) is 2. The number of carboxylic acid groups (broad SMARTS) is 1. The molecule has 6 heteroatoms. The number of carbonyl (C=O) groups excluding carboxylic acids is 1. The van der Waals surface area contributed by atoms with E-state index in [1.165, 1.54) is 0 Å². The molecule has 2 N–H and O–H groups in total. The fourth-order valence-electron chi connectivity index (χ4n) is 3.20. The van der Waals surface area contributed by atoms with Crippen LogP contribution in [0.5, 0.6) is 0 Å². The number of carbonyl (C=O) groups is 2. The second-order valence-corrected chi connectivity index (χ2v) is 6.21. The maximum atomic E-state index is 12.1. The first-order chi connectivity index (χ1) is 9.47. The van der Waals surface area contributed by atoms with E-state index in [4.69, 9.17) is 0 Å². The number of aliphatic carboxylic acids is 1. The summed E-state index contributed by atoms with van der Waals surface area (Å²) < 4.78 is 0. The minimum Gasteiger partial charge on any atom is -0.481 e. The Bertz CT molecular complexity index is 388. The van der Waals surface area contributed by atoms with Gasteiger partial charge in [0.05, 0.1) is 5.41 Å². The summed E-state index contributed by atoms with van der Waals surface area (Å²) in [5.74, 6) is -0.269. The highest BCUT2D eigenvalue weighted by atomic mass is 16.4. The van der Waals surface area contributed by atoms with Crippen molar-refractivity contribution in [1.29, 1.82) is 0 Å². The number of nitrogens with one attached hydrogen (secondary N) is 1. The van der Waals surface area contributed by atoms with E-state index in [9.17, 15) is 14.7 Å². The monoisotopic (exact) mass is 283 g/mol. The van der Waals surface area contributed by atoms with E-state index in [2.05, 4.69) is 17.3 Å². The van der Waals surface area contributed by atoms with Crippen molar-refractivity contribution in [2.24, 2.45) is 11.3 Å². The first kappa shape index (κ1) is 15.1. The van der Waals surface area contributed by atoms with Crippen LogP contribution >= 0.6 is 0 Å². The second-order valence-electron chi connectivity index (χ2n) is 6.21. The van der Waals surface area contributed by atoms with Crippen LogP contribution in [-0.4, -0.2) is 66.7 Å².